The Morgan fingerprint density at radius 3 is 1.40 bits per heavy atom. The van der Waals surface area contributed by atoms with Crippen LogP contribution in [0, 0.1) is 0 Å². The average molecular weight is 631 g/mol. The number of amides is 2. The van der Waals surface area contributed by atoms with Crippen LogP contribution in [0.2, 0.25) is 0 Å². The van der Waals surface area contributed by atoms with Crippen LogP contribution in [-0.4, -0.2) is 68.5 Å². The number of thioether (sulfide) groups is 2. The molecule has 2 amide bonds. The van der Waals surface area contributed by atoms with Crippen molar-refractivity contribution in [3.8, 4) is 0 Å². The number of thiocarbonyl (C=S) groups is 2. The van der Waals surface area contributed by atoms with Gasteiger partial charge in [-0.1, -0.05) is 100 Å². The van der Waals surface area contributed by atoms with E-state index in [1.165, 1.54) is 9.80 Å². The van der Waals surface area contributed by atoms with Gasteiger partial charge in [0.05, 0.1) is 23.0 Å². The summed E-state index contributed by atoms with van der Waals surface area (Å²) in [6.07, 6.45) is 11.2. The average Bonchev–Trinajstić information content (AvgIpc) is 3.37. The van der Waals surface area contributed by atoms with Gasteiger partial charge in [0.25, 0.3) is 11.8 Å². The zero-order valence-corrected chi connectivity index (χ0v) is 27.0. The fourth-order valence-electron chi connectivity index (χ4n) is 4.11. The van der Waals surface area contributed by atoms with E-state index in [1.54, 1.807) is 0 Å². The number of carbonyl (C=O) groups is 4. The van der Waals surface area contributed by atoms with Gasteiger partial charge in [-0.25, -0.2) is 0 Å². The van der Waals surface area contributed by atoms with Crippen LogP contribution in [0.3, 0.4) is 0 Å². The molecule has 2 rings (SSSR count). The molecule has 0 aliphatic carbocycles. The van der Waals surface area contributed by atoms with Crippen molar-refractivity contribution in [1.29, 1.82) is 0 Å². The molecule has 8 nitrogen and oxygen atoms in total. The summed E-state index contributed by atoms with van der Waals surface area (Å²) in [6.45, 7) is 6.05. The quantitative estimate of drug-likeness (QED) is 0.0642. The van der Waals surface area contributed by atoms with E-state index >= 15 is 0 Å². The van der Waals surface area contributed by atoms with Crippen LogP contribution in [0.4, 0.5) is 0 Å². The standard InChI is InChI=1S/C28H42N2O6S4/c1-3-5-13-19-35-21(31)15-9-7-11-17-29-25(33)23(39-27(29)37)24-26(34)30(28(38)40-24)18-12-8-10-16-22(32)36-20-14-6-4-2/h3-20H2,1-2H3. The Balaban J connectivity index is 1.72. The molecule has 0 aromatic heterocycles. The van der Waals surface area contributed by atoms with Crippen molar-refractivity contribution >= 4 is 80.4 Å². The SMILES string of the molecule is CCCCCOC(=O)CCCCCN1C(=O)C(=C2SC(=S)N(CCCCCC(=O)OCCCCC)C2=O)SC1=S. The number of hydrogen-bond acceptors (Lipinski definition) is 10. The predicted octanol–water partition coefficient (Wildman–Crippen LogP) is 6.51. The molecule has 0 bridgehead atoms. The molecule has 0 N–H and O–H groups in total. The Morgan fingerprint density at radius 1 is 0.625 bits per heavy atom. The van der Waals surface area contributed by atoms with E-state index in [1.807, 2.05) is 0 Å². The molecule has 0 aromatic carbocycles. The fourth-order valence-corrected chi connectivity index (χ4v) is 6.88. The summed E-state index contributed by atoms with van der Waals surface area (Å²) >= 11 is 13.2. The monoisotopic (exact) mass is 630 g/mol. The molecule has 2 aliphatic heterocycles. The molecular weight excluding hydrogens is 589 g/mol. The lowest BCUT2D eigenvalue weighted by Gasteiger charge is -2.14. The molecule has 0 spiro atoms. The highest BCUT2D eigenvalue weighted by atomic mass is 32.2. The molecule has 2 fully saturated rings. The number of rotatable bonds is 20. The van der Waals surface area contributed by atoms with E-state index in [-0.39, 0.29) is 23.8 Å². The highest BCUT2D eigenvalue weighted by Gasteiger charge is 2.41. The van der Waals surface area contributed by atoms with Gasteiger partial charge in [-0.05, 0) is 38.5 Å². The highest BCUT2D eigenvalue weighted by molar-refractivity contribution is 8.29. The van der Waals surface area contributed by atoms with E-state index in [9.17, 15) is 19.2 Å². The summed E-state index contributed by atoms with van der Waals surface area (Å²) in [5, 5.41) is 0. The summed E-state index contributed by atoms with van der Waals surface area (Å²) < 4.78 is 11.3. The van der Waals surface area contributed by atoms with Crippen LogP contribution in [0.15, 0.2) is 9.81 Å². The molecular formula is C28H42N2O6S4. The largest absolute Gasteiger partial charge is 0.466 e. The van der Waals surface area contributed by atoms with Gasteiger partial charge in [0.1, 0.15) is 8.64 Å². The molecule has 0 radical (unpaired) electrons. The number of ether oxygens (including phenoxy) is 2. The summed E-state index contributed by atoms with van der Waals surface area (Å²) in [5.74, 6) is -0.875. The first-order chi connectivity index (χ1) is 19.3. The van der Waals surface area contributed by atoms with Crippen molar-refractivity contribution in [2.24, 2.45) is 0 Å². The molecule has 12 heteroatoms. The van der Waals surface area contributed by atoms with Gasteiger partial charge >= 0.3 is 11.9 Å². The fraction of sp³-hybridized carbons (Fsp3) is 0.714. The van der Waals surface area contributed by atoms with Crippen LogP contribution in [0.25, 0.3) is 0 Å². The van der Waals surface area contributed by atoms with Crippen LogP contribution < -0.4 is 0 Å². The molecule has 0 unspecified atom stereocenters. The van der Waals surface area contributed by atoms with Gasteiger partial charge in [0.2, 0.25) is 0 Å². The summed E-state index contributed by atoms with van der Waals surface area (Å²) in [6, 6.07) is 0. The maximum Gasteiger partial charge on any atom is 0.305 e. The predicted molar refractivity (Wildman–Crippen MR) is 169 cm³/mol. The molecule has 224 valence electrons. The normalized spacial score (nSPS) is 17.4. The summed E-state index contributed by atoms with van der Waals surface area (Å²) in [5.41, 5.74) is 0. The van der Waals surface area contributed by atoms with Crippen molar-refractivity contribution in [2.45, 2.75) is 104 Å². The molecule has 0 saturated carbocycles. The van der Waals surface area contributed by atoms with E-state index in [2.05, 4.69) is 13.8 Å². The lowest BCUT2D eigenvalue weighted by molar-refractivity contribution is -0.144. The molecule has 2 heterocycles. The van der Waals surface area contributed by atoms with Gasteiger partial charge in [0.15, 0.2) is 0 Å². The van der Waals surface area contributed by atoms with Crippen LogP contribution in [0.5, 0.6) is 0 Å². The first-order valence-corrected chi connectivity index (χ1v) is 16.9. The van der Waals surface area contributed by atoms with Gasteiger partial charge in [-0.3, -0.25) is 29.0 Å². The lowest BCUT2D eigenvalue weighted by atomic mass is 10.2. The third-order valence-electron chi connectivity index (χ3n) is 6.45. The van der Waals surface area contributed by atoms with Crippen LogP contribution in [0.1, 0.15) is 104 Å². The van der Waals surface area contributed by atoms with Crippen molar-refractivity contribution < 1.29 is 28.7 Å². The third-order valence-corrected chi connectivity index (χ3v) is 9.48. The number of esters is 2. The second kappa shape index (κ2) is 19.6. The van der Waals surface area contributed by atoms with Gasteiger partial charge in [-0.2, -0.15) is 0 Å². The Kier molecular flexibility index (Phi) is 17.0. The maximum absolute atomic E-state index is 13.1. The number of hydrogen-bond donors (Lipinski definition) is 0. The number of nitrogens with zero attached hydrogens (tertiary/aromatic N) is 2. The van der Waals surface area contributed by atoms with E-state index in [4.69, 9.17) is 33.9 Å². The molecule has 2 saturated heterocycles. The maximum atomic E-state index is 13.1. The second-order valence-corrected chi connectivity index (χ2v) is 13.1. The Labute approximate surface area is 257 Å². The van der Waals surface area contributed by atoms with Gasteiger partial charge in [-0.15, -0.1) is 0 Å². The molecule has 0 aromatic rings. The van der Waals surface area contributed by atoms with Crippen LogP contribution >= 0.6 is 48.0 Å². The molecule has 0 atom stereocenters. The first kappa shape index (κ1) is 34.7. The minimum atomic E-state index is -0.261. The van der Waals surface area contributed by atoms with Crippen molar-refractivity contribution in [2.75, 3.05) is 26.3 Å². The molecule has 40 heavy (non-hydrogen) atoms. The topological polar surface area (TPSA) is 93.2 Å². The minimum absolute atomic E-state index is 0.177. The van der Waals surface area contributed by atoms with Gasteiger partial charge < -0.3 is 9.47 Å². The van der Waals surface area contributed by atoms with Crippen molar-refractivity contribution in [3.05, 3.63) is 9.81 Å². The first-order valence-electron chi connectivity index (χ1n) is 14.4. The second-order valence-electron chi connectivity index (χ2n) is 9.78. The highest BCUT2D eigenvalue weighted by Crippen LogP contribution is 2.42. The molecule has 2 aliphatic rings. The third kappa shape index (κ3) is 11.8. The number of carbonyl (C=O) groups excluding carboxylic acids is 4. The summed E-state index contributed by atoms with van der Waals surface area (Å²) in [7, 11) is 0. The Hall–Kier alpha value is -1.50. The summed E-state index contributed by atoms with van der Waals surface area (Å²) in [4.78, 5) is 53.5. The van der Waals surface area contributed by atoms with E-state index < -0.39 is 0 Å². The smallest absolute Gasteiger partial charge is 0.305 e. The van der Waals surface area contributed by atoms with Gasteiger partial charge in [0, 0.05) is 25.9 Å². The van der Waals surface area contributed by atoms with E-state index in [0.717, 1.165) is 74.9 Å². The minimum Gasteiger partial charge on any atom is -0.466 e. The zero-order valence-electron chi connectivity index (χ0n) is 23.7. The zero-order chi connectivity index (χ0) is 29.3. The Morgan fingerprint density at radius 2 is 1.02 bits per heavy atom. The lowest BCUT2D eigenvalue weighted by Crippen LogP contribution is -2.31. The Bertz CT molecular complexity index is 881. The van der Waals surface area contributed by atoms with E-state index in [0.29, 0.717) is 83.3 Å². The van der Waals surface area contributed by atoms with Crippen LogP contribution in [-0.2, 0) is 28.7 Å². The number of unbranched alkanes of at least 4 members (excludes halogenated alkanes) is 8. The van der Waals surface area contributed by atoms with Crippen molar-refractivity contribution in [1.82, 2.24) is 9.80 Å². The van der Waals surface area contributed by atoms with Crippen molar-refractivity contribution in [3.63, 3.8) is 0 Å².